The van der Waals surface area contributed by atoms with Gasteiger partial charge in [0.25, 0.3) is 0 Å². The fraction of sp³-hybridized carbons (Fsp3) is 0.111. The topological polar surface area (TPSA) is 76.1 Å². The minimum Gasteiger partial charge on any atom is -0.298 e. The van der Waals surface area contributed by atoms with E-state index in [0.717, 1.165) is 29.7 Å². The average Bonchev–Trinajstić information content (AvgIpc) is 3.00. The molecule has 0 aliphatic carbocycles. The van der Waals surface area contributed by atoms with Gasteiger partial charge in [0, 0.05) is 12.3 Å². The van der Waals surface area contributed by atoms with Crippen LogP contribution in [0.5, 0.6) is 0 Å². The van der Waals surface area contributed by atoms with Gasteiger partial charge in [-0.15, -0.1) is 0 Å². The third kappa shape index (κ3) is 4.76. The maximum atomic E-state index is 12.5. The average molecular weight is 426 g/mol. The molecule has 1 amide bonds. The number of halogens is 3. The molecule has 2 aromatic carbocycles. The van der Waals surface area contributed by atoms with Crippen molar-refractivity contribution in [1.29, 1.82) is 0 Å². The number of rotatable bonds is 4. The smallest absolute Gasteiger partial charge is 0.298 e. The molecule has 0 saturated carbocycles. The van der Waals surface area contributed by atoms with E-state index in [1.54, 1.807) is 6.07 Å². The predicted molar refractivity (Wildman–Crippen MR) is 102 cm³/mol. The number of carbonyl (C=O) groups excluding carboxylic acids is 1. The zero-order valence-corrected chi connectivity index (χ0v) is 16.0. The Bertz CT molecular complexity index is 1160. The van der Waals surface area contributed by atoms with Gasteiger partial charge in [0.1, 0.15) is 0 Å². The van der Waals surface area contributed by atoms with E-state index in [-0.39, 0.29) is 10.0 Å². The monoisotopic (exact) mass is 426 g/mol. The zero-order chi connectivity index (χ0) is 20.5. The first kappa shape index (κ1) is 20.0. The normalized spacial score (nSPS) is 12.6. The molecule has 0 bridgehead atoms. The second-order valence-electron chi connectivity index (χ2n) is 5.86. The predicted octanol–water partition coefficient (Wildman–Crippen LogP) is 4.37. The van der Waals surface area contributed by atoms with Gasteiger partial charge in [-0.1, -0.05) is 23.5 Å². The molecule has 0 fully saturated rings. The number of nitrogens with zero attached hydrogens (tertiary/aromatic N) is 1. The van der Waals surface area contributed by atoms with Crippen LogP contribution < -0.4 is 5.32 Å². The number of benzene rings is 2. The van der Waals surface area contributed by atoms with Crippen LogP contribution in [0.2, 0.25) is 0 Å². The number of alkyl halides is 3. The number of fused-ring (bicyclic) bond motifs is 1. The van der Waals surface area contributed by atoms with Crippen LogP contribution in [-0.4, -0.2) is 25.6 Å². The molecular weight excluding hydrogens is 413 g/mol. The third-order valence-corrected chi connectivity index (χ3v) is 5.73. The van der Waals surface area contributed by atoms with Crippen molar-refractivity contribution < 1.29 is 26.4 Å². The number of nitrogens with one attached hydrogen (secondary N) is 1. The van der Waals surface area contributed by atoms with Gasteiger partial charge in [0.15, 0.2) is 15.0 Å². The van der Waals surface area contributed by atoms with Crippen LogP contribution in [0, 0.1) is 0 Å². The second-order valence-corrected chi connectivity index (χ2v) is 8.91. The minimum atomic E-state index is -4.41. The fourth-order valence-corrected chi connectivity index (χ4v) is 3.92. The Morgan fingerprint density at radius 2 is 1.82 bits per heavy atom. The summed E-state index contributed by atoms with van der Waals surface area (Å²) in [6.45, 7) is 0. The Morgan fingerprint density at radius 1 is 1.14 bits per heavy atom. The van der Waals surface area contributed by atoms with Crippen LogP contribution in [0.3, 0.4) is 0 Å². The molecule has 28 heavy (non-hydrogen) atoms. The summed E-state index contributed by atoms with van der Waals surface area (Å²) in [5.74, 6) is -0.512. The zero-order valence-electron chi connectivity index (χ0n) is 14.3. The molecule has 1 N–H and O–H groups in total. The molecule has 3 rings (SSSR count). The molecule has 1 heterocycles. The second kappa shape index (κ2) is 7.36. The lowest BCUT2D eigenvalue weighted by Crippen LogP contribution is -2.07. The molecule has 0 atom stereocenters. The lowest BCUT2D eigenvalue weighted by Gasteiger charge is -2.05. The highest BCUT2D eigenvalue weighted by atomic mass is 32.2. The summed E-state index contributed by atoms with van der Waals surface area (Å²) in [5, 5.41) is 2.83. The van der Waals surface area contributed by atoms with E-state index in [1.807, 2.05) is 0 Å². The first-order chi connectivity index (χ1) is 13.0. The first-order valence-corrected chi connectivity index (χ1v) is 10.5. The Balaban J connectivity index is 1.71. The summed E-state index contributed by atoms with van der Waals surface area (Å²) >= 11 is 1.12. The summed E-state index contributed by atoms with van der Waals surface area (Å²) < 4.78 is 61.4. The van der Waals surface area contributed by atoms with Crippen molar-refractivity contribution in [1.82, 2.24) is 4.98 Å². The van der Waals surface area contributed by atoms with E-state index in [9.17, 15) is 26.4 Å². The summed E-state index contributed by atoms with van der Waals surface area (Å²) in [4.78, 5) is 16.4. The number of amides is 1. The van der Waals surface area contributed by atoms with E-state index >= 15 is 0 Å². The Kier molecular flexibility index (Phi) is 5.26. The quantitative estimate of drug-likeness (QED) is 0.629. The number of anilines is 1. The highest BCUT2D eigenvalue weighted by molar-refractivity contribution is 7.90. The molecule has 10 heteroatoms. The van der Waals surface area contributed by atoms with E-state index in [2.05, 4.69) is 10.3 Å². The van der Waals surface area contributed by atoms with Crippen molar-refractivity contribution in [3.63, 3.8) is 0 Å². The lowest BCUT2D eigenvalue weighted by atomic mass is 10.1. The van der Waals surface area contributed by atoms with Gasteiger partial charge >= 0.3 is 6.18 Å². The van der Waals surface area contributed by atoms with Gasteiger partial charge in [0.2, 0.25) is 5.91 Å². The molecule has 0 spiro atoms. The summed E-state index contributed by atoms with van der Waals surface area (Å²) in [6.07, 6.45) is -0.755. The summed E-state index contributed by atoms with van der Waals surface area (Å²) in [6, 6.07) is 8.86. The molecule has 0 aliphatic rings. The number of aromatic nitrogens is 1. The molecule has 0 unspecified atom stereocenters. The van der Waals surface area contributed by atoms with Gasteiger partial charge in [-0.05, 0) is 42.0 Å². The van der Waals surface area contributed by atoms with Gasteiger partial charge < -0.3 is 0 Å². The van der Waals surface area contributed by atoms with Gasteiger partial charge in [-0.2, -0.15) is 13.2 Å². The summed E-state index contributed by atoms with van der Waals surface area (Å²) in [7, 11) is -3.35. The van der Waals surface area contributed by atoms with Gasteiger partial charge in [-0.25, -0.2) is 13.4 Å². The molecule has 5 nitrogen and oxygen atoms in total. The van der Waals surface area contributed by atoms with Crippen molar-refractivity contribution in [2.24, 2.45) is 0 Å². The molecule has 1 aromatic heterocycles. The van der Waals surface area contributed by atoms with Gasteiger partial charge in [0.05, 0.1) is 20.7 Å². The van der Waals surface area contributed by atoms with Crippen molar-refractivity contribution in [2.75, 3.05) is 11.6 Å². The number of carbonyl (C=O) groups is 1. The maximum absolute atomic E-state index is 12.5. The third-order valence-electron chi connectivity index (χ3n) is 3.68. The minimum absolute atomic E-state index is 0.156. The van der Waals surface area contributed by atoms with Crippen LogP contribution >= 0.6 is 11.3 Å². The Hall–Kier alpha value is -2.72. The number of thiazole rings is 1. The maximum Gasteiger partial charge on any atom is 0.416 e. The van der Waals surface area contributed by atoms with Crippen LogP contribution in [-0.2, 0) is 20.8 Å². The highest BCUT2D eigenvalue weighted by Gasteiger charge is 2.29. The van der Waals surface area contributed by atoms with Crippen molar-refractivity contribution in [2.45, 2.75) is 11.1 Å². The standard InChI is InChI=1S/C18H13F3N2O3S2/c1-28(25,26)13-7-8-14-15(10-13)27-17(22-14)23-16(24)9-4-11-2-5-12(6-3-11)18(19,20)21/h2-10H,1H3,(H,22,23,24)/b9-4+. The van der Waals surface area contributed by atoms with Crippen LogP contribution in [0.15, 0.2) is 53.4 Å². The van der Waals surface area contributed by atoms with Crippen molar-refractivity contribution >= 4 is 48.5 Å². The Morgan fingerprint density at radius 3 is 2.43 bits per heavy atom. The summed E-state index contributed by atoms with van der Waals surface area (Å²) in [5.41, 5.74) is 0.210. The first-order valence-electron chi connectivity index (χ1n) is 7.79. The SMILES string of the molecule is CS(=O)(=O)c1ccc2nc(NC(=O)/C=C/c3ccc(C(F)(F)F)cc3)sc2c1. The molecule has 0 saturated heterocycles. The van der Waals surface area contributed by atoms with E-state index < -0.39 is 27.5 Å². The molecule has 3 aromatic rings. The number of sulfone groups is 1. The van der Waals surface area contributed by atoms with Crippen LogP contribution in [0.4, 0.5) is 18.3 Å². The molecule has 0 aliphatic heterocycles. The van der Waals surface area contributed by atoms with Crippen LogP contribution in [0.25, 0.3) is 16.3 Å². The lowest BCUT2D eigenvalue weighted by molar-refractivity contribution is -0.137. The van der Waals surface area contributed by atoms with E-state index in [4.69, 9.17) is 0 Å². The molecule has 146 valence electrons. The number of hydrogen-bond acceptors (Lipinski definition) is 5. The van der Waals surface area contributed by atoms with Crippen LogP contribution in [0.1, 0.15) is 11.1 Å². The molecular formula is C18H13F3N2O3S2. The van der Waals surface area contributed by atoms with Gasteiger partial charge in [-0.3, -0.25) is 10.1 Å². The molecule has 0 radical (unpaired) electrons. The number of hydrogen-bond donors (Lipinski definition) is 1. The van der Waals surface area contributed by atoms with Crippen molar-refractivity contribution in [3.05, 3.63) is 59.7 Å². The Labute approximate surface area is 162 Å². The van der Waals surface area contributed by atoms with E-state index in [0.29, 0.717) is 15.8 Å². The van der Waals surface area contributed by atoms with Crippen molar-refractivity contribution in [3.8, 4) is 0 Å². The highest BCUT2D eigenvalue weighted by Crippen LogP contribution is 2.30. The fourth-order valence-electron chi connectivity index (χ4n) is 2.29. The van der Waals surface area contributed by atoms with E-state index in [1.165, 1.54) is 36.4 Å². The largest absolute Gasteiger partial charge is 0.416 e.